The monoisotopic (exact) mass is 403 g/mol. The molecule has 0 aliphatic rings. The molecule has 0 bridgehead atoms. The topological polar surface area (TPSA) is 98.2 Å². The van der Waals surface area contributed by atoms with E-state index < -0.39 is 23.9 Å². The van der Waals surface area contributed by atoms with Gasteiger partial charge in [-0.1, -0.05) is 74.5 Å². The van der Waals surface area contributed by atoms with Gasteiger partial charge in [0.25, 0.3) is 0 Å². The molecule has 30 heavy (non-hydrogen) atoms. The van der Waals surface area contributed by atoms with Crippen LogP contribution >= 0.6 is 0 Å². The molecule has 0 saturated heterocycles. The van der Waals surface area contributed by atoms with Crippen molar-refractivity contribution in [1.82, 2.24) is 5.32 Å². The van der Waals surface area contributed by atoms with E-state index in [1.807, 2.05) is 50.2 Å². The van der Waals surface area contributed by atoms with E-state index in [2.05, 4.69) is 35.6 Å². The number of benzene rings is 3. The molecule has 0 aliphatic heterocycles. The second-order valence-corrected chi connectivity index (χ2v) is 8.17. The first kappa shape index (κ1) is 21.5. The minimum Gasteiger partial charge on any atom is -0.368 e. The van der Waals surface area contributed by atoms with Crippen molar-refractivity contribution in [2.24, 2.45) is 17.4 Å². The van der Waals surface area contributed by atoms with Crippen LogP contribution in [0.2, 0.25) is 0 Å². The van der Waals surface area contributed by atoms with Gasteiger partial charge in [0, 0.05) is 0 Å². The minimum atomic E-state index is -0.659. The van der Waals surface area contributed by atoms with Crippen molar-refractivity contribution in [1.29, 1.82) is 0 Å². The highest BCUT2D eigenvalue weighted by atomic mass is 16.2. The Labute approximate surface area is 177 Å². The van der Waals surface area contributed by atoms with Crippen molar-refractivity contribution in [2.45, 2.75) is 38.8 Å². The number of carbonyl (C=O) groups excluding carboxylic acids is 2. The van der Waals surface area contributed by atoms with Crippen LogP contribution in [0.15, 0.2) is 66.7 Å². The van der Waals surface area contributed by atoms with Crippen molar-refractivity contribution in [3.63, 3.8) is 0 Å². The standard InChI is InChI=1S/C25H29N3O2/c1-16(2)13-22(24(26)29)28-23(25(27)30)14-17-7-9-19(10-8-17)21-12-11-18-5-3-4-6-20(18)15-21/h3-12,15-16,22-23,28H,13-14H2,1-2H3,(H2,26,29)(H2,27,30)/t22-,23+/m1/s1. The number of amides is 2. The normalized spacial score (nSPS) is 13.3. The van der Waals surface area contributed by atoms with E-state index in [9.17, 15) is 9.59 Å². The van der Waals surface area contributed by atoms with Gasteiger partial charge < -0.3 is 11.5 Å². The number of rotatable bonds is 9. The second-order valence-electron chi connectivity index (χ2n) is 8.17. The van der Waals surface area contributed by atoms with Crippen molar-refractivity contribution >= 4 is 22.6 Å². The Bertz CT molecular complexity index is 1030. The summed E-state index contributed by atoms with van der Waals surface area (Å²) in [5, 5.41) is 5.45. The zero-order valence-electron chi connectivity index (χ0n) is 17.5. The van der Waals surface area contributed by atoms with Gasteiger partial charge in [-0.15, -0.1) is 0 Å². The summed E-state index contributed by atoms with van der Waals surface area (Å²) >= 11 is 0. The summed E-state index contributed by atoms with van der Waals surface area (Å²) in [5.41, 5.74) is 14.3. The van der Waals surface area contributed by atoms with E-state index in [1.54, 1.807) is 0 Å². The Hall–Kier alpha value is -3.18. The minimum absolute atomic E-state index is 0.268. The number of hydrogen-bond acceptors (Lipinski definition) is 3. The SMILES string of the molecule is CC(C)C[C@@H](N[C@@H](Cc1ccc(-c2ccc3ccccc3c2)cc1)C(N)=O)C(N)=O. The zero-order valence-corrected chi connectivity index (χ0v) is 17.5. The van der Waals surface area contributed by atoms with Crippen LogP contribution in [0.3, 0.4) is 0 Å². The number of carbonyl (C=O) groups is 2. The van der Waals surface area contributed by atoms with E-state index >= 15 is 0 Å². The van der Waals surface area contributed by atoms with Crippen LogP contribution in [0.5, 0.6) is 0 Å². The summed E-state index contributed by atoms with van der Waals surface area (Å²) < 4.78 is 0. The van der Waals surface area contributed by atoms with Gasteiger partial charge in [0.05, 0.1) is 12.1 Å². The third-order valence-electron chi connectivity index (χ3n) is 5.27. The van der Waals surface area contributed by atoms with Crippen LogP contribution in [0.1, 0.15) is 25.8 Å². The average Bonchev–Trinajstić information content (AvgIpc) is 2.72. The van der Waals surface area contributed by atoms with Gasteiger partial charge in [0.1, 0.15) is 0 Å². The molecule has 0 aromatic heterocycles. The number of fused-ring (bicyclic) bond motifs is 1. The molecular weight excluding hydrogens is 374 g/mol. The number of nitrogens with one attached hydrogen (secondary N) is 1. The average molecular weight is 404 g/mol. The summed E-state index contributed by atoms with van der Waals surface area (Å²) in [5.74, 6) is -0.699. The fourth-order valence-corrected chi connectivity index (χ4v) is 3.66. The van der Waals surface area contributed by atoms with E-state index in [0.29, 0.717) is 12.8 Å². The lowest BCUT2D eigenvalue weighted by atomic mass is 9.97. The maximum atomic E-state index is 12.0. The quantitative estimate of drug-likeness (QED) is 0.511. The Morgan fingerprint density at radius 3 is 2.00 bits per heavy atom. The maximum absolute atomic E-state index is 12.0. The van der Waals surface area contributed by atoms with Crippen molar-refractivity contribution in [3.8, 4) is 11.1 Å². The predicted molar refractivity (Wildman–Crippen MR) is 122 cm³/mol. The highest BCUT2D eigenvalue weighted by Crippen LogP contribution is 2.25. The van der Waals surface area contributed by atoms with Gasteiger partial charge >= 0.3 is 0 Å². The molecule has 5 nitrogen and oxygen atoms in total. The van der Waals surface area contributed by atoms with E-state index in [4.69, 9.17) is 11.5 Å². The van der Waals surface area contributed by atoms with Gasteiger partial charge in [-0.25, -0.2) is 0 Å². The molecule has 3 rings (SSSR count). The van der Waals surface area contributed by atoms with Gasteiger partial charge in [0.2, 0.25) is 11.8 Å². The Kier molecular flexibility index (Phi) is 6.85. The summed E-state index contributed by atoms with van der Waals surface area (Å²) in [4.78, 5) is 23.7. The first-order chi connectivity index (χ1) is 14.3. The van der Waals surface area contributed by atoms with E-state index in [0.717, 1.165) is 16.7 Å². The molecule has 0 saturated carbocycles. The molecule has 5 N–H and O–H groups in total. The Morgan fingerprint density at radius 2 is 1.40 bits per heavy atom. The number of primary amides is 2. The van der Waals surface area contributed by atoms with Crippen molar-refractivity contribution < 1.29 is 9.59 Å². The lowest BCUT2D eigenvalue weighted by Crippen LogP contribution is -2.52. The Morgan fingerprint density at radius 1 is 0.800 bits per heavy atom. The van der Waals surface area contributed by atoms with Gasteiger partial charge in [-0.2, -0.15) is 0 Å². The third-order valence-corrected chi connectivity index (χ3v) is 5.27. The van der Waals surface area contributed by atoms with Crippen LogP contribution in [0.4, 0.5) is 0 Å². The summed E-state index contributed by atoms with van der Waals surface area (Å²) in [6.07, 6.45) is 0.954. The van der Waals surface area contributed by atoms with Crippen LogP contribution in [0.25, 0.3) is 21.9 Å². The molecule has 5 heteroatoms. The highest BCUT2D eigenvalue weighted by Gasteiger charge is 2.24. The number of nitrogens with two attached hydrogens (primary N) is 2. The molecule has 0 radical (unpaired) electrons. The van der Waals surface area contributed by atoms with Crippen LogP contribution < -0.4 is 16.8 Å². The first-order valence-corrected chi connectivity index (χ1v) is 10.3. The molecule has 2 atom stereocenters. The van der Waals surface area contributed by atoms with E-state index in [1.165, 1.54) is 10.8 Å². The molecule has 3 aromatic carbocycles. The van der Waals surface area contributed by atoms with Gasteiger partial charge in [-0.3, -0.25) is 14.9 Å². The molecular formula is C25H29N3O2. The molecule has 156 valence electrons. The fourth-order valence-electron chi connectivity index (χ4n) is 3.66. The predicted octanol–water partition coefficient (Wildman–Crippen LogP) is 3.39. The molecule has 3 aromatic rings. The molecule has 0 heterocycles. The lowest BCUT2D eigenvalue weighted by Gasteiger charge is -2.23. The highest BCUT2D eigenvalue weighted by molar-refractivity contribution is 5.87. The van der Waals surface area contributed by atoms with Crippen LogP contribution in [-0.2, 0) is 16.0 Å². The molecule has 0 spiro atoms. The summed E-state index contributed by atoms with van der Waals surface area (Å²) in [6, 6.07) is 21.5. The Balaban J connectivity index is 1.75. The second kappa shape index (κ2) is 9.55. The third kappa shape index (κ3) is 5.45. The van der Waals surface area contributed by atoms with E-state index in [-0.39, 0.29) is 5.92 Å². The smallest absolute Gasteiger partial charge is 0.234 e. The molecule has 0 fully saturated rings. The van der Waals surface area contributed by atoms with Crippen molar-refractivity contribution in [3.05, 3.63) is 72.3 Å². The van der Waals surface area contributed by atoms with Gasteiger partial charge in [0.15, 0.2) is 0 Å². The maximum Gasteiger partial charge on any atom is 0.234 e. The number of hydrogen-bond donors (Lipinski definition) is 3. The summed E-state index contributed by atoms with van der Waals surface area (Å²) in [7, 11) is 0. The zero-order chi connectivity index (χ0) is 21.7. The lowest BCUT2D eigenvalue weighted by molar-refractivity contribution is -0.122. The molecule has 2 amide bonds. The molecule has 0 aliphatic carbocycles. The summed E-state index contributed by atoms with van der Waals surface area (Å²) in [6.45, 7) is 4.00. The van der Waals surface area contributed by atoms with Crippen molar-refractivity contribution in [2.75, 3.05) is 0 Å². The molecule has 0 unspecified atom stereocenters. The largest absolute Gasteiger partial charge is 0.368 e. The van der Waals surface area contributed by atoms with Crippen LogP contribution in [-0.4, -0.2) is 23.9 Å². The fraction of sp³-hybridized carbons (Fsp3) is 0.280. The van der Waals surface area contributed by atoms with Gasteiger partial charge in [-0.05, 0) is 52.3 Å². The first-order valence-electron chi connectivity index (χ1n) is 10.3. The van der Waals surface area contributed by atoms with Crippen LogP contribution in [0, 0.1) is 5.92 Å².